The maximum Gasteiger partial charge on any atom is 0.407 e. The average molecular weight is 420 g/mol. The molecule has 0 fully saturated rings. The first-order chi connectivity index (χ1) is 14.4. The summed E-state index contributed by atoms with van der Waals surface area (Å²) < 4.78 is 5.03. The number of hydrogen-bond donors (Lipinski definition) is 4. The number of amides is 3. The van der Waals surface area contributed by atoms with Gasteiger partial charge in [-0.15, -0.1) is 6.58 Å². The maximum absolute atomic E-state index is 12.1. The van der Waals surface area contributed by atoms with Crippen molar-refractivity contribution < 1.29 is 24.2 Å². The third-order valence-electron chi connectivity index (χ3n) is 4.45. The first kappa shape index (κ1) is 25.2. The Morgan fingerprint density at radius 2 is 1.83 bits per heavy atom. The Morgan fingerprint density at radius 3 is 2.50 bits per heavy atom. The van der Waals surface area contributed by atoms with Crippen LogP contribution in [0.1, 0.15) is 50.5 Å². The molecule has 1 aromatic carbocycles. The van der Waals surface area contributed by atoms with Gasteiger partial charge in [0, 0.05) is 6.54 Å². The number of alkyl carbamates (subject to hydrolysis) is 1. The summed E-state index contributed by atoms with van der Waals surface area (Å²) in [5.74, 6) is -1.11. The maximum atomic E-state index is 12.1. The van der Waals surface area contributed by atoms with E-state index in [0.29, 0.717) is 6.42 Å². The SMILES string of the molecule is C=CCCCCCC[C@H](NC(=O)C[C@H](O)CNC(=O)OCc1ccccc1)C(N)=O. The number of carbonyl (C=O) groups is 3. The molecule has 0 heterocycles. The molecule has 0 unspecified atom stereocenters. The average Bonchev–Trinajstić information content (AvgIpc) is 2.72. The summed E-state index contributed by atoms with van der Waals surface area (Å²) in [6.45, 7) is 3.63. The molecule has 5 N–H and O–H groups in total. The Kier molecular flexibility index (Phi) is 12.6. The standard InChI is InChI=1S/C22H33N3O5/c1-2-3-4-5-6-10-13-19(21(23)28)25-20(27)14-18(26)15-24-22(29)30-16-17-11-8-7-9-12-17/h2,7-9,11-12,18-19,26H,1,3-6,10,13-16H2,(H2,23,28)(H,24,29)(H,25,27)/t18-,19-/m0/s1. The molecule has 2 atom stereocenters. The van der Waals surface area contributed by atoms with Gasteiger partial charge in [-0.2, -0.15) is 0 Å². The Morgan fingerprint density at radius 1 is 1.13 bits per heavy atom. The van der Waals surface area contributed by atoms with Gasteiger partial charge in [0.1, 0.15) is 12.6 Å². The van der Waals surface area contributed by atoms with Gasteiger partial charge in [0.15, 0.2) is 0 Å². The molecule has 8 nitrogen and oxygen atoms in total. The summed E-state index contributed by atoms with van der Waals surface area (Å²) in [6.07, 6.45) is 4.99. The number of rotatable bonds is 15. The summed E-state index contributed by atoms with van der Waals surface area (Å²) in [6, 6.07) is 8.40. The number of allylic oxidation sites excluding steroid dienone is 1. The highest BCUT2D eigenvalue weighted by Gasteiger charge is 2.20. The van der Waals surface area contributed by atoms with Crippen LogP contribution in [0.25, 0.3) is 0 Å². The third kappa shape index (κ3) is 11.9. The molecule has 1 aromatic rings. The van der Waals surface area contributed by atoms with Gasteiger partial charge < -0.3 is 26.2 Å². The fraction of sp³-hybridized carbons (Fsp3) is 0.500. The second kappa shape index (κ2) is 15.0. The molecule has 0 spiro atoms. The normalized spacial score (nSPS) is 12.4. The van der Waals surface area contributed by atoms with Gasteiger partial charge in [-0.25, -0.2) is 4.79 Å². The van der Waals surface area contributed by atoms with Gasteiger partial charge >= 0.3 is 6.09 Å². The highest BCUT2D eigenvalue weighted by atomic mass is 16.5. The number of benzene rings is 1. The zero-order chi connectivity index (χ0) is 22.2. The number of nitrogens with two attached hydrogens (primary N) is 1. The van der Waals surface area contributed by atoms with Crippen molar-refractivity contribution in [2.45, 2.75) is 63.7 Å². The van der Waals surface area contributed by atoms with E-state index < -0.39 is 30.1 Å². The largest absolute Gasteiger partial charge is 0.445 e. The Hall–Kier alpha value is -2.87. The fourth-order valence-electron chi connectivity index (χ4n) is 2.79. The molecule has 0 aromatic heterocycles. The van der Waals surface area contributed by atoms with Crippen LogP contribution in [0.5, 0.6) is 0 Å². The van der Waals surface area contributed by atoms with Gasteiger partial charge in [-0.05, 0) is 24.8 Å². The van der Waals surface area contributed by atoms with Crippen molar-refractivity contribution in [1.82, 2.24) is 10.6 Å². The number of aliphatic hydroxyl groups is 1. The van der Waals surface area contributed by atoms with Crippen molar-refractivity contribution in [1.29, 1.82) is 0 Å². The predicted molar refractivity (Wildman–Crippen MR) is 114 cm³/mol. The predicted octanol–water partition coefficient (Wildman–Crippen LogP) is 2.16. The Bertz CT molecular complexity index is 666. The van der Waals surface area contributed by atoms with Crippen LogP contribution in [0, 0.1) is 0 Å². The summed E-state index contributed by atoms with van der Waals surface area (Å²) in [5.41, 5.74) is 6.19. The van der Waals surface area contributed by atoms with Crippen LogP contribution in [-0.2, 0) is 20.9 Å². The Balaban J connectivity index is 2.24. The third-order valence-corrected chi connectivity index (χ3v) is 4.45. The van der Waals surface area contributed by atoms with Crippen molar-refractivity contribution in [3.05, 3.63) is 48.6 Å². The van der Waals surface area contributed by atoms with E-state index in [-0.39, 0.29) is 19.6 Å². The summed E-state index contributed by atoms with van der Waals surface area (Å²) >= 11 is 0. The van der Waals surface area contributed by atoms with Crippen molar-refractivity contribution in [2.24, 2.45) is 5.73 Å². The molecule has 1 rings (SSSR count). The summed E-state index contributed by atoms with van der Waals surface area (Å²) in [7, 11) is 0. The quantitative estimate of drug-likeness (QED) is 0.256. The lowest BCUT2D eigenvalue weighted by atomic mass is 10.1. The number of nitrogens with one attached hydrogen (secondary N) is 2. The van der Waals surface area contributed by atoms with E-state index in [4.69, 9.17) is 10.5 Å². The second-order valence-electron chi connectivity index (χ2n) is 7.10. The zero-order valence-corrected chi connectivity index (χ0v) is 17.3. The summed E-state index contributed by atoms with van der Waals surface area (Å²) in [4.78, 5) is 35.3. The molecule has 0 aliphatic rings. The minimum Gasteiger partial charge on any atom is -0.445 e. The van der Waals surface area contributed by atoms with Crippen molar-refractivity contribution >= 4 is 17.9 Å². The number of primary amides is 1. The molecular weight excluding hydrogens is 386 g/mol. The highest BCUT2D eigenvalue weighted by Crippen LogP contribution is 2.08. The van der Waals surface area contributed by atoms with Gasteiger partial charge in [0.25, 0.3) is 0 Å². The molecule has 30 heavy (non-hydrogen) atoms. The minimum absolute atomic E-state index is 0.108. The molecular formula is C22H33N3O5. The van der Waals surface area contributed by atoms with Gasteiger partial charge in [0.2, 0.25) is 11.8 Å². The molecule has 0 aliphatic carbocycles. The van der Waals surface area contributed by atoms with Crippen LogP contribution in [0.15, 0.2) is 43.0 Å². The molecule has 0 radical (unpaired) electrons. The van der Waals surface area contributed by atoms with E-state index in [0.717, 1.165) is 37.7 Å². The fourth-order valence-corrected chi connectivity index (χ4v) is 2.79. The Labute approximate surface area is 177 Å². The van der Waals surface area contributed by atoms with Crippen LogP contribution in [0.2, 0.25) is 0 Å². The van der Waals surface area contributed by atoms with Crippen LogP contribution < -0.4 is 16.4 Å². The molecule has 0 saturated heterocycles. The molecule has 8 heteroatoms. The number of hydrogen-bond acceptors (Lipinski definition) is 5. The molecule has 0 bridgehead atoms. The van der Waals surface area contributed by atoms with E-state index in [1.807, 2.05) is 36.4 Å². The van der Waals surface area contributed by atoms with Crippen molar-refractivity contribution in [3.63, 3.8) is 0 Å². The van der Waals surface area contributed by atoms with E-state index in [9.17, 15) is 19.5 Å². The lowest BCUT2D eigenvalue weighted by Crippen LogP contribution is -2.46. The highest BCUT2D eigenvalue weighted by molar-refractivity contribution is 5.86. The summed E-state index contributed by atoms with van der Waals surface area (Å²) in [5, 5.41) is 14.9. The number of ether oxygens (including phenoxy) is 1. The van der Waals surface area contributed by atoms with Gasteiger partial charge in [0.05, 0.1) is 12.5 Å². The van der Waals surface area contributed by atoms with E-state index in [1.165, 1.54) is 0 Å². The van der Waals surface area contributed by atoms with Crippen molar-refractivity contribution in [2.75, 3.05) is 6.54 Å². The van der Waals surface area contributed by atoms with Crippen molar-refractivity contribution in [3.8, 4) is 0 Å². The first-order valence-corrected chi connectivity index (χ1v) is 10.2. The van der Waals surface area contributed by atoms with E-state index in [2.05, 4.69) is 17.2 Å². The van der Waals surface area contributed by atoms with Crippen LogP contribution >= 0.6 is 0 Å². The topological polar surface area (TPSA) is 131 Å². The molecule has 0 aliphatic heterocycles. The van der Waals surface area contributed by atoms with Crippen LogP contribution in [0.3, 0.4) is 0 Å². The second-order valence-corrected chi connectivity index (χ2v) is 7.10. The molecule has 3 amide bonds. The van der Waals surface area contributed by atoms with Gasteiger partial charge in [-0.3, -0.25) is 9.59 Å². The zero-order valence-electron chi connectivity index (χ0n) is 17.3. The monoisotopic (exact) mass is 419 g/mol. The van der Waals surface area contributed by atoms with Crippen LogP contribution in [-0.4, -0.2) is 41.7 Å². The molecule has 0 saturated carbocycles. The lowest BCUT2D eigenvalue weighted by molar-refractivity contribution is -0.128. The minimum atomic E-state index is -1.11. The van der Waals surface area contributed by atoms with E-state index >= 15 is 0 Å². The number of carbonyl (C=O) groups excluding carboxylic acids is 3. The van der Waals surface area contributed by atoms with Crippen LogP contribution in [0.4, 0.5) is 4.79 Å². The van der Waals surface area contributed by atoms with Gasteiger partial charge in [-0.1, -0.05) is 55.7 Å². The molecule has 166 valence electrons. The lowest BCUT2D eigenvalue weighted by Gasteiger charge is -2.17. The first-order valence-electron chi connectivity index (χ1n) is 10.2. The number of aliphatic hydroxyl groups excluding tert-OH is 1. The smallest absolute Gasteiger partial charge is 0.407 e. The van der Waals surface area contributed by atoms with E-state index in [1.54, 1.807) is 0 Å². The number of unbranched alkanes of at least 4 members (excludes halogenated alkanes) is 4.